The van der Waals surface area contributed by atoms with Crippen LogP contribution in [0.2, 0.25) is 0 Å². The third-order valence-electron chi connectivity index (χ3n) is 6.56. The molecule has 0 saturated heterocycles. The smallest absolute Gasteiger partial charge is 0.251 e. The molecule has 1 N–H and O–H groups in total. The molecule has 0 radical (unpaired) electrons. The zero-order valence-corrected chi connectivity index (χ0v) is 18.8. The third-order valence-corrected chi connectivity index (χ3v) is 6.56. The lowest BCUT2D eigenvalue weighted by molar-refractivity contribution is -0.0755. The van der Waals surface area contributed by atoms with Gasteiger partial charge in [0, 0.05) is 17.5 Å². The summed E-state index contributed by atoms with van der Waals surface area (Å²) in [4.78, 5) is 23.1. The Balaban J connectivity index is 1.46. The molecule has 1 saturated carbocycles. The van der Waals surface area contributed by atoms with Gasteiger partial charge in [-0.05, 0) is 74.6 Å². The molecule has 2 heterocycles. The molecule has 2 aromatic carbocycles. The first-order valence-corrected chi connectivity index (χ1v) is 11.3. The first-order chi connectivity index (χ1) is 15.9. The average molecular weight is 444 g/mol. The fourth-order valence-electron chi connectivity index (χ4n) is 4.35. The molecule has 2 aliphatic rings. The van der Waals surface area contributed by atoms with Crippen LogP contribution in [-0.2, 0) is 4.84 Å². The molecule has 1 atom stereocenters. The third kappa shape index (κ3) is 4.38. The number of hydrogen-bond donors (Lipinski definition) is 1. The van der Waals surface area contributed by atoms with Gasteiger partial charge in [0.15, 0.2) is 0 Å². The molecular weight excluding hydrogens is 417 g/mol. The second-order valence-corrected chi connectivity index (χ2v) is 9.10. The summed E-state index contributed by atoms with van der Waals surface area (Å²) in [5, 5.41) is 7.37. The van der Waals surface area contributed by atoms with Crippen LogP contribution in [0, 0.1) is 12.7 Å². The van der Waals surface area contributed by atoms with Crippen molar-refractivity contribution < 1.29 is 14.0 Å². The largest absolute Gasteiger partial charge is 0.389 e. The first kappa shape index (κ1) is 21.3. The van der Waals surface area contributed by atoms with Crippen molar-refractivity contribution in [3.63, 3.8) is 0 Å². The second kappa shape index (κ2) is 8.43. The summed E-state index contributed by atoms with van der Waals surface area (Å²) in [7, 11) is 0. The van der Waals surface area contributed by atoms with E-state index in [9.17, 15) is 9.18 Å². The van der Waals surface area contributed by atoms with Gasteiger partial charge in [-0.2, -0.15) is 0 Å². The standard InChI is InChI=1S/C27H26FN3O2/c1-17-4-6-19(7-5-17)20-12-21(25-15-27(33-31-25)10-3-11-27)14-22(13-20)26(32)30-18(2)24-9-8-23(28)16-29-24/h4-9,12-14,16,18H,3,10-11,15H2,1-2H3,(H,30,32)/t18-/m1/s1. The predicted octanol–water partition coefficient (Wildman–Crippen LogP) is 5.73. The maximum Gasteiger partial charge on any atom is 0.251 e. The average Bonchev–Trinajstić information content (AvgIpc) is 3.26. The Bertz CT molecular complexity index is 1220. The van der Waals surface area contributed by atoms with E-state index in [1.807, 2.05) is 26.0 Å². The van der Waals surface area contributed by atoms with Gasteiger partial charge in [0.2, 0.25) is 0 Å². The van der Waals surface area contributed by atoms with Gasteiger partial charge in [0.25, 0.3) is 5.91 Å². The fraction of sp³-hybridized carbons (Fsp3) is 0.296. The van der Waals surface area contributed by atoms with Crippen LogP contribution in [0.15, 0.2) is 65.9 Å². The van der Waals surface area contributed by atoms with Crippen LogP contribution in [0.3, 0.4) is 0 Å². The van der Waals surface area contributed by atoms with Gasteiger partial charge in [-0.25, -0.2) is 4.39 Å². The lowest BCUT2D eigenvalue weighted by Gasteiger charge is -2.34. The van der Waals surface area contributed by atoms with Crippen molar-refractivity contribution in [3.05, 3.63) is 89.0 Å². The van der Waals surface area contributed by atoms with Crippen molar-refractivity contribution in [2.45, 2.75) is 51.2 Å². The molecule has 33 heavy (non-hydrogen) atoms. The van der Waals surface area contributed by atoms with Crippen molar-refractivity contribution in [2.24, 2.45) is 5.16 Å². The molecule has 168 valence electrons. The summed E-state index contributed by atoms with van der Waals surface area (Å²) in [5.74, 6) is -0.627. The molecule has 0 bridgehead atoms. The van der Waals surface area contributed by atoms with Crippen molar-refractivity contribution >= 4 is 11.6 Å². The van der Waals surface area contributed by atoms with E-state index in [-0.39, 0.29) is 17.6 Å². The van der Waals surface area contributed by atoms with Crippen molar-refractivity contribution in [1.29, 1.82) is 0 Å². The number of pyridine rings is 1. The zero-order valence-electron chi connectivity index (χ0n) is 18.8. The number of carbonyl (C=O) groups excluding carboxylic acids is 1. The molecule has 3 aromatic rings. The number of oxime groups is 1. The zero-order chi connectivity index (χ0) is 23.0. The second-order valence-electron chi connectivity index (χ2n) is 9.10. The number of aryl methyl sites for hydroxylation is 1. The monoisotopic (exact) mass is 443 g/mol. The van der Waals surface area contributed by atoms with E-state index in [2.05, 4.69) is 45.8 Å². The van der Waals surface area contributed by atoms with Crippen LogP contribution in [0.5, 0.6) is 0 Å². The van der Waals surface area contributed by atoms with Gasteiger partial charge >= 0.3 is 0 Å². The minimum atomic E-state index is -0.406. The molecule has 1 amide bonds. The maximum absolute atomic E-state index is 13.2. The molecular formula is C27H26FN3O2. The highest BCUT2D eigenvalue weighted by atomic mass is 19.1. The molecule has 0 unspecified atom stereocenters. The summed E-state index contributed by atoms with van der Waals surface area (Å²) < 4.78 is 13.2. The minimum absolute atomic E-state index is 0.152. The van der Waals surface area contributed by atoms with Crippen LogP contribution in [-0.4, -0.2) is 22.2 Å². The van der Waals surface area contributed by atoms with Crippen molar-refractivity contribution in [3.8, 4) is 11.1 Å². The van der Waals surface area contributed by atoms with E-state index >= 15 is 0 Å². The van der Waals surface area contributed by atoms with Crippen molar-refractivity contribution in [1.82, 2.24) is 10.3 Å². The summed E-state index contributed by atoms with van der Waals surface area (Å²) in [5.41, 5.74) is 5.91. The Morgan fingerprint density at radius 1 is 1.06 bits per heavy atom. The summed E-state index contributed by atoms with van der Waals surface area (Å²) in [6.45, 7) is 3.88. The van der Waals surface area contributed by atoms with E-state index in [1.54, 1.807) is 6.07 Å². The number of amides is 1. The number of carbonyl (C=O) groups is 1. The molecule has 6 heteroatoms. The lowest BCUT2D eigenvalue weighted by Crippen LogP contribution is -2.36. The highest BCUT2D eigenvalue weighted by molar-refractivity contribution is 6.05. The molecule has 1 aliphatic heterocycles. The normalized spacial score (nSPS) is 17.1. The topological polar surface area (TPSA) is 63.6 Å². The molecule has 1 aliphatic carbocycles. The quantitative estimate of drug-likeness (QED) is 0.547. The number of aromatic nitrogens is 1. The number of benzene rings is 2. The van der Waals surface area contributed by atoms with Crippen LogP contribution < -0.4 is 5.32 Å². The Morgan fingerprint density at radius 2 is 1.82 bits per heavy atom. The summed E-state index contributed by atoms with van der Waals surface area (Å²) in [6.07, 6.45) is 5.12. The van der Waals surface area contributed by atoms with E-state index in [0.717, 1.165) is 54.3 Å². The van der Waals surface area contributed by atoms with Crippen LogP contribution >= 0.6 is 0 Å². The van der Waals surface area contributed by atoms with Crippen LogP contribution in [0.1, 0.15) is 65.8 Å². The molecule has 5 rings (SSSR count). The summed E-state index contributed by atoms with van der Waals surface area (Å²) >= 11 is 0. The first-order valence-electron chi connectivity index (χ1n) is 11.3. The van der Waals surface area contributed by atoms with Crippen molar-refractivity contribution in [2.75, 3.05) is 0 Å². The minimum Gasteiger partial charge on any atom is -0.389 e. The number of rotatable bonds is 5. The molecule has 5 nitrogen and oxygen atoms in total. The van der Waals surface area contributed by atoms with Gasteiger partial charge < -0.3 is 10.2 Å². The highest BCUT2D eigenvalue weighted by Crippen LogP contribution is 2.43. The number of hydrogen-bond acceptors (Lipinski definition) is 4. The van der Waals surface area contributed by atoms with Crippen LogP contribution in [0.25, 0.3) is 11.1 Å². The Hall–Kier alpha value is -3.54. The van der Waals surface area contributed by atoms with Crippen LogP contribution in [0.4, 0.5) is 4.39 Å². The van der Waals surface area contributed by atoms with E-state index < -0.39 is 5.82 Å². The lowest BCUT2D eigenvalue weighted by atomic mass is 9.76. The van der Waals surface area contributed by atoms with Gasteiger partial charge in [-0.1, -0.05) is 35.0 Å². The number of nitrogens with one attached hydrogen (secondary N) is 1. The highest BCUT2D eigenvalue weighted by Gasteiger charge is 2.45. The molecule has 1 spiro atoms. The number of halogens is 1. The predicted molar refractivity (Wildman–Crippen MR) is 126 cm³/mol. The van der Waals surface area contributed by atoms with E-state index in [1.165, 1.54) is 11.6 Å². The molecule has 1 aromatic heterocycles. The molecule has 1 fully saturated rings. The summed E-state index contributed by atoms with van der Waals surface area (Å²) in [6, 6.07) is 16.6. The van der Waals surface area contributed by atoms with E-state index in [0.29, 0.717) is 11.3 Å². The van der Waals surface area contributed by atoms with Gasteiger partial charge in [-0.3, -0.25) is 9.78 Å². The maximum atomic E-state index is 13.2. The Labute approximate surface area is 192 Å². The Morgan fingerprint density at radius 3 is 2.45 bits per heavy atom. The van der Waals surface area contributed by atoms with Gasteiger partial charge in [-0.15, -0.1) is 0 Å². The van der Waals surface area contributed by atoms with Gasteiger partial charge in [0.05, 0.1) is 23.6 Å². The number of nitrogens with zero attached hydrogens (tertiary/aromatic N) is 2. The fourth-order valence-corrected chi connectivity index (χ4v) is 4.35. The SMILES string of the molecule is Cc1ccc(-c2cc(C(=O)N[C@H](C)c3ccc(F)cn3)cc(C3=NOC4(CCC4)C3)c2)cc1. The van der Waals surface area contributed by atoms with E-state index in [4.69, 9.17) is 4.84 Å². The van der Waals surface area contributed by atoms with Gasteiger partial charge in [0.1, 0.15) is 11.4 Å². The Kier molecular flexibility index (Phi) is 5.44.